The zero-order valence-electron chi connectivity index (χ0n) is 13.4. The molecule has 2 aromatic carbocycles. The smallest absolute Gasteiger partial charge is 0.384 e. The first-order valence-electron chi connectivity index (χ1n) is 7.71. The maximum Gasteiger partial charge on any atom is 0.384 e. The van der Waals surface area contributed by atoms with Gasteiger partial charge in [0.05, 0.1) is 12.1 Å². The lowest BCUT2D eigenvalue weighted by Crippen LogP contribution is -2.22. The molecule has 0 aromatic heterocycles. The molecule has 2 aromatic rings. The van der Waals surface area contributed by atoms with E-state index in [1.54, 1.807) is 0 Å². The number of benzene rings is 2. The quantitative estimate of drug-likeness (QED) is 0.780. The second-order valence-corrected chi connectivity index (χ2v) is 7.56. The number of nitrogens with one attached hydrogen (secondary N) is 2. The van der Waals surface area contributed by atoms with Crippen LogP contribution in [0.2, 0.25) is 0 Å². The van der Waals surface area contributed by atoms with Gasteiger partial charge < -0.3 is 19.7 Å². The Morgan fingerprint density at radius 1 is 0.875 bits per heavy atom. The lowest BCUT2D eigenvalue weighted by atomic mass is 9.94. The second-order valence-electron chi connectivity index (χ2n) is 5.92. The van der Waals surface area contributed by atoms with Crippen LogP contribution in [0.5, 0.6) is 11.5 Å². The lowest BCUT2D eigenvalue weighted by molar-refractivity contribution is 0.247. The first-order valence-corrected chi connectivity index (χ1v) is 8.84. The SMILES string of the molecule is CN(C)P1Oc2ccccc2[C@H]2NC(=O)N[C@@H]2c2ccccc2O1. The van der Waals surface area contributed by atoms with Crippen molar-refractivity contribution >= 4 is 14.6 Å². The van der Waals surface area contributed by atoms with Gasteiger partial charge in [0.15, 0.2) is 0 Å². The summed E-state index contributed by atoms with van der Waals surface area (Å²) in [6.07, 6.45) is 0. The molecule has 6 nitrogen and oxygen atoms in total. The van der Waals surface area contributed by atoms with Crippen molar-refractivity contribution < 1.29 is 13.8 Å². The van der Waals surface area contributed by atoms with Crippen molar-refractivity contribution in [2.45, 2.75) is 12.1 Å². The van der Waals surface area contributed by atoms with Gasteiger partial charge in [-0.2, -0.15) is 0 Å². The van der Waals surface area contributed by atoms with Gasteiger partial charge in [0.25, 0.3) is 0 Å². The van der Waals surface area contributed by atoms with Gasteiger partial charge in [0, 0.05) is 11.1 Å². The average molecular weight is 343 g/mol. The summed E-state index contributed by atoms with van der Waals surface area (Å²) in [5.74, 6) is 1.45. The Kier molecular flexibility index (Phi) is 3.79. The topological polar surface area (TPSA) is 62.8 Å². The molecular formula is C17H18N3O3P. The average Bonchev–Trinajstić information content (AvgIpc) is 2.97. The summed E-state index contributed by atoms with van der Waals surface area (Å²) in [6.45, 7) is 0. The maximum atomic E-state index is 12.0. The molecule has 1 fully saturated rings. The zero-order valence-corrected chi connectivity index (χ0v) is 14.3. The molecule has 4 rings (SSSR count). The predicted octanol–water partition coefficient (Wildman–Crippen LogP) is 3.34. The van der Waals surface area contributed by atoms with Crippen molar-refractivity contribution in [2.24, 2.45) is 0 Å². The summed E-state index contributed by atoms with van der Waals surface area (Å²) >= 11 is 0. The number of carbonyl (C=O) groups is 1. The minimum absolute atomic E-state index is 0.190. The molecule has 0 aliphatic carbocycles. The van der Waals surface area contributed by atoms with E-state index >= 15 is 0 Å². The molecule has 24 heavy (non-hydrogen) atoms. The van der Waals surface area contributed by atoms with Crippen molar-refractivity contribution in [3.05, 3.63) is 59.7 Å². The Hall–Kier alpha value is -2.30. The first kappa shape index (κ1) is 15.2. The Labute approximate surface area is 141 Å². The van der Waals surface area contributed by atoms with Crippen LogP contribution in [0.1, 0.15) is 23.2 Å². The molecule has 2 N–H and O–H groups in total. The fourth-order valence-corrected chi connectivity index (χ4v) is 4.03. The highest BCUT2D eigenvalue weighted by atomic mass is 31.2. The Bertz CT molecular complexity index is 724. The largest absolute Gasteiger partial charge is 0.427 e. The molecule has 2 amide bonds. The summed E-state index contributed by atoms with van der Waals surface area (Å²) in [5, 5.41) is 6.00. The molecule has 1 saturated heterocycles. The van der Waals surface area contributed by atoms with E-state index < -0.39 is 8.53 Å². The Balaban J connectivity index is 1.89. The highest BCUT2D eigenvalue weighted by Gasteiger charge is 2.39. The number of carbonyl (C=O) groups excluding carboxylic acids is 1. The predicted molar refractivity (Wildman–Crippen MR) is 91.9 cm³/mol. The van der Waals surface area contributed by atoms with E-state index in [1.165, 1.54) is 0 Å². The third-order valence-electron chi connectivity index (χ3n) is 4.09. The van der Waals surface area contributed by atoms with Gasteiger partial charge in [-0.15, -0.1) is 0 Å². The fourth-order valence-electron chi connectivity index (χ4n) is 3.00. The van der Waals surface area contributed by atoms with Crippen molar-refractivity contribution in [1.82, 2.24) is 15.3 Å². The van der Waals surface area contributed by atoms with Crippen molar-refractivity contribution in [3.63, 3.8) is 0 Å². The van der Waals surface area contributed by atoms with Crippen LogP contribution in [0.3, 0.4) is 0 Å². The molecule has 2 atom stereocenters. The van der Waals surface area contributed by atoms with Crippen LogP contribution in [0.15, 0.2) is 48.5 Å². The number of nitrogens with zero attached hydrogens (tertiary/aromatic N) is 1. The van der Waals surface area contributed by atoms with Crippen LogP contribution in [0, 0.1) is 0 Å². The molecule has 2 aliphatic rings. The van der Waals surface area contributed by atoms with Crippen LogP contribution in [0.4, 0.5) is 4.79 Å². The third kappa shape index (κ3) is 2.58. The van der Waals surface area contributed by atoms with Gasteiger partial charge in [-0.05, 0) is 26.2 Å². The minimum Gasteiger partial charge on any atom is -0.427 e. The van der Waals surface area contributed by atoms with E-state index in [1.807, 2.05) is 67.3 Å². The molecule has 0 bridgehead atoms. The van der Waals surface area contributed by atoms with Crippen molar-refractivity contribution in [1.29, 1.82) is 0 Å². The molecule has 0 spiro atoms. The van der Waals surface area contributed by atoms with Gasteiger partial charge in [-0.1, -0.05) is 36.4 Å². The van der Waals surface area contributed by atoms with E-state index in [4.69, 9.17) is 9.05 Å². The summed E-state index contributed by atoms with van der Waals surface area (Å²) < 4.78 is 14.3. The molecule has 0 unspecified atom stereocenters. The van der Waals surface area contributed by atoms with E-state index in [-0.39, 0.29) is 18.1 Å². The molecule has 7 heteroatoms. The minimum atomic E-state index is -1.30. The number of urea groups is 1. The normalized spacial score (nSPS) is 22.5. The summed E-state index contributed by atoms with van der Waals surface area (Å²) in [6, 6.07) is 14.9. The van der Waals surface area contributed by atoms with E-state index in [0.29, 0.717) is 0 Å². The maximum absolute atomic E-state index is 12.0. The van der Waals surface area contributed by atoms with Gasteiger partial charge in [0.1, 0.15) is 11.5 Å². The zero-order chi connectivity index (χ0) is 16.7. The van der Waals surface area contributed by atoms with Crippen LogP contribution >= 0.6 is 8.53 Å². The first-order chi connectivity index (χ1) is 11.6. The van der Waals surface area contributed by atoms with Gasteiger partial charge in [-0.3, -0.25) is 0 Å². The van der Waals surface area contributed by atoms with Crippen LogP contribution in [-0.2, 0) is 0 Å². The summed E-state index contributed by atoms with van der Waals surface area (Å²) in [5.41, 5.74) is 1.88. The van der Waals surface area contributed by atoms with Gasteiger partial charge >= 0.3 is 14.6 Å². The monoisotopic (exact) mass is 343 g/mol. The Morgan fingerprint density at radius 2 is 1.33 bits per heavy atom. The van der Waals surface area contributed by atoms with Crippen LogP contribution in [-0.4, -0.2) is 24.8 Å². The summed E-state index contributed by atoms with van der Waals surface area (Å²) in [4.78, 5) is 12.0. The highest BCUT2D eigenvalue weighted by molar-refractivity contribution is 7.45. The van der Waals surface area contributed by atoms with Gasteiger partial charge in [-0.25, -0.2) is 9.46 Å². The Morgan fingerprint density at radius 3 is 1.79 bits per heavy atom. The number of para-hydroxylation sites is 2. The standard InChI is InChI=1S/C17H18N3O3P/c1-20(2)24-22-13-9-5-3-7-11(13)15-16(19-17(21)18-15)12-8-4-6-10-14(12)23-24/h3-10,15-16H,1-2H3,(H2,18,19,21)/t15-,16-/m1/s1. The molecule has 124 valence electrons. The number of hydrogen-bond donors (Lipinski definition) is 2. The molecule has 2 heterocycles. The molecule has 0 radical (unpaired) electrons. The third-order valence-corrected chi connectivity index (χ3v) is 5.45. The number of fused-ring (bicyclic) bond motifs is 5. The van der Waals surface area contributed by atoms with Crippen LogP contribution < -0.4 is 19.7 Å². The van der Waals surface area contributed by atoms with E-state index in [9.17, 15) is 4.79 Å². The second kappa shape index (κ2) is 5.96. The molecule has 2 aliphatic heterocycles. The number of rotatable bonds is 1. The van der Waals surface area contributed by atoms with Crippen molar-refractivity contribution in [3.8, 4) is 11.5 Å². The van der Waals surface area contributed by atoms with Gasteiger partial charge in [0.2, 0.25) is 0 Å². The lowest BCUT2D eigenvalue weighted by Gasteiger charge is -2.24. The molecule has 0 saturated carbocycles. The summed E-state index contributed by atoms with van der Waals surface area (Å²) in [7, 11) is 2.55. The van der Waals surface area contributed by atoms with Crippen molar-refractivity contribution in [2.75, 3.05) is 14.1 Å². The number of hydrogen-bond acceptors (Lipinski definition) is 4. The fraction of sp³-hybridized carbons (Fsp3) is 0.235. The molecular weight excluding hydrogens is 325 g/mol. The van der Waals surface area contributed by atoms with E-state index in [0.717, 1.165) is 22.6 Å². The van der Waals surface area contributed by atoms with Crippen LogP contribution in [0.25, 0.3) is 0 Å². The highest BCUT2D eigenvalue weighted by Crippen LogP contribution is 2.50. The number of amides is 2. The van der Waals surface area contributed by atoms with E-state index in [2.05, 4.69) is 10.6 Å².